The molecule has 7 nitrogen and oxygen atoms in total. The largest absolute Gasteiger partial charge is 0.436 e. The summed E-state index contributed by atoms with van der Waals surface area (Å²) in [5.74, 6) is -0.862. The van der Waals surface area contributed by atoms with Crippen LogP contribution in [0.1, 0.15) is 12.8 Å². The van der Waals surface area contributed by atoms with Gasteiger partial charge in [0.15, 0.2) is 6.10 Å². The van der Waals surface area contributed by atoms with Crippen molar-refractivity contribution in [1.29, 1.82) is 0 Å². The summed E-state index contributed by atoms with van der Waals surface area (Å²) in [4.78, 5) is 43.8. The van der Waals surface area contributed by atoms with Crippen LogP contribution in [0.4, 0.5) is 9.59 Å². The molecule has 0 aromatic rings. The second-order valence-electron chi connectivity index (χ2n) is 3.34. The van der Waals surface area contributed by atoms with Crippen molar-refractivity contribution < 1.29 is 23.9 Å². The van der Waals surface area contributed by atoms with E-state index in [0.29, 0.717) is 6.42 Å². The highest BCUT2D eigenvalue weighted by atomic mass is 32.2. The Balaban J connectivity index is 1.84. The fourth-order valence-electron chi connectivity index (χ4n) is 1.47. The maximum absolute atomic E-state index is 11.2. The Bertz CT molecular complexity index is 347. The van der Waals surface area contributed by atoms with Crippen LogP contribution in [-0.4, -0.2) is 34.5 Å². The zero-order valence-corrected chi connectivity index (χ0v) is 8.83. The van der Waals surface area contributed by atoms with Crippen molar-refractivity contribution in [2.75, 3.05) is 0 Å². The molecule has 4 amide bonds. The lowest BCUT2D eigenvalue weighted by Gasteiger charge is -2.07. The first kappa shape index (κ1) is 10.9. The van der Waals surface area contributed by atoms with Gasteiger partial charge >= 0.3 is 6.09 Å². The molecule has 2 saturated heterocycles. The molecule has 86 valence electrons. The fraction of sp³-hybridized carbons (Fsp3) is 0.500. The third kappa shape index (κ3) is 2.16. The van der Waals surface area contributed by atoms with Crippen molar-refractivity contribution in [3.05, 3.63) is 0 Å². The Kier molecular flexibility index (Phi) is 2.82. The van der Waals surface area contributed by atoms with E-state index in [1.165, 1.54) is 0 Å². The van der Waals surface area contributed by atoms with E-state index in [1.807, 2.05) is 5.32 Å². The summed E-state index contributed by atoms with van der Waals surface area (Å²) in [6.45, 7) is 0. The van der Waals surface area contributed by atoms with Crippen molar-refractivity contribution in [2.24, 2.45) is 0 Å². The molecular formula is C8H8N2O5S. The van der Waals surface area contributed by atoms with E-state index in [2.05, 4.69) is 10.1 Å². The van der Waals surface area contributed by atoms with Crippen LogP contribution in [0.25, 0.3) is 0 Å². The van der Waals surface area contributed by atoms with Gasteiger partial charge in [-0.3, -0.25) is 25.0 Å². The molecule has 0 aromatic heterocycles. The van der Waals surface area contributed by atoms with E-state index in [0.717, 1.165) is 11.8 Å². The van der Waals surface area contributed by atoms with Gasteiger partial charge in [-0.25, -0.2) is 4.79 Å². The van der Waals surface area contributed by atoms with Crippen molar-refractivity contribution in [3.8, 4) is 0 Å². The smallest absolute Gasteiger partial charge is 0.414 e. The molecule has 0 saturated carbocycles. The Morgan fingerprint density at radius 3 is 2.31 bits per heavy atom. The molecule has 2 fully saturated rings. The van der Waals surface area contributed by atoms with Gasteiger partial charge in [-0.15, -0.1) is 0 Å². The molecule has 2 aliphatic heterocycles. The molecule has 0 bridgehead atoms. The highest BCUT2D eigenvalue weighted by Crippen LogP contribution is 2.24. The lowest BCUT2D eigenvalue weighted by atomic mass is 10.1. The molecule has 0 radical (unpaired) electrons. The Morgan fingerprint density at radius 2 is 1.81 bits per heavy atom. The van der Waals surface area contributed by atoms with Crippen molar-refractivity contribution in [3.63, 3.8) is 0 Å². The second-order valence-corrected chi connectivity index (χ2v) is 4.52. The first-order valence-electron chi connectivity index (χ1n) is 4.59. The van der Waals surface area contributed by atoms with Gasteiger partial charge in [-0.05, 0) is 12.8 Å². The summed E-state index contributed by atoms with van der Waals surface area (Å²) in [5, 5.41) is 3.24. The molecule has 2 unspecified atom stereocenters. The van der Waals surface area contributed by atoms with Crippen LogP contribution in [0.2, 0.25) is 0 Å². The number of carbonyl (C=O) groups is 4. The van der Waals surface area contributed by atoms with Gasteiger partial charge < -0.3 is 4.74 Å². The van der Waals surface area contributed by atoms with Crippen LogP contribution >= 0.6 is 11.8 Å². The quantitative estimate of drug-likeness (QED) is 0.710. The molecule has 2 atom stereocenters. The lowest BCUT2D eigenvalue weighted by Crippen LogP contribution is -2.27. The maximum Gasteiger partial charge on any atom is 0.414 e. The third-order valence-corrected chi connectivity index (χ3v) is 3.28. The van der Waals surface area contributed by atoms with Crippen LogP contribution in [0.15, 0.2) is 0 Å². The first-order chi connectivity index (χ1) is 7.56. The van der Waals surface area contributed by atoms with E-state index in [9.17, 15) is 19.2 Å². The summed E-state index contributed by atoms with van der Waals surface area (Å²) >= 11 is 0.887. The second kappa shape index (κ2) is 4.12. The molecule has 0 aromatic carbocycles. The molecule has 16 heavy (non-hydrogen) atoms. The number of hydrogen-bond acceptors (Lipinski definition) is 6. The minimum atomic E-state index is -0.850. The molecule has 8 heteroatoms. The molecule has 2 heterocycles. The molecule has 2 rings (SSSR count). The number of imide groups is 2. The fourth-order valence-corrected chi connectivity index (χ4v) is 2.31. The zero-order valence-electron chi connectivity index (χ0n) is 8.02. The maximum atomic E-state index is 11.2. The number of carbonyl (C=O) groups excluding carboxylic acids is 4. The molecule has 0 spiro atoms. The molecule has 2 N–H and O–H groups in total. The van der Waals surface area contributed by atoms with E-state index >= 15 is 0 Å². The van der Waals surface area contributed by atoms with Crippen LogP contribution in [0.3, 0.4) is 0 Å². The van der Waals surface area contributed by atoms with E-state index in [1.54, 1.807) is 0 Å². The summed E-state index contributed by atoms with van der Waals surface area (Å²) in [5.41, 5.74) is 0. The number of thioether (sulfide) groups is 1. The summed E-state index contributed by atoms with van der Waals surface area (Å²) in [6.07, 6.45) is -1.07. The predicted molar refractivity (Wildman–Crippen MR) is 52.6 cm³/mol. The van der Waals surface area contributed by atoms with Gasteiger partial charge in [-0.2, -0.15) is 0 Å². The van der Waals surface area contributed by atoms with Gasteiger partial charge in [0.05, 0.1) is 5.25 Å². The number of amides is 4. The van der Waals surface area contributed by atoms with Crippen molar-refractivity contribution in [1.82, 2.24) is 10.6 Å². The normalized spacial score (nSPS) is 29.0. The average molecular weight is 244 g/mol. The van der Waals surface area contributed by atoms with Gasteiger partial charge in [0.1, 0.15) is 0 Å². The van der Waals surface area contributed by atoms with Gasteiger partial charge in [-0.1, -0.05) is 11.8 Å². The minimum Gasteiger partial charge on any atom is -0.436 e. The Morgan fingerprint density at radius 1 is 1.06 bits per heavy atom. The number of ether oxygens (including phenoxy) is 1. The summed E-state index contributed by atoms with van der Waals surface area (Å²) in [7, 11) is 0. The van der Waals surface area contributed by atoms with Gasteiger partial charge in [0, 0.05) is 0 Å². The van der Waals surface area contributed by atoms with Crippen molar-refractivity contribution in [2.45, 2.75) is 24.2 Å². The first-order valence-corrected chi connectivity index (χ1v) is 5.47. The number of cyclic esters (lactones) is 1. The van der Waals surface area contributed by atoms with Gasteiger partial charge in [0.2, 0.25) is 5.91 Å². The van der Waals surface area contributed by atoms with Crippen LogP contribution in [0, 0.1) is 0 Å². The van der Waals surface area contributed by atoms with E-state index < -0.39 is 23.4 Å². The SMILES string of the molecule is O=C1NC(=O)C(CCC2SC(=O)NC2=O)O1. The summed E-state index contributed by atoms with van der Waals surface area (Å²) < 4.78 is 4.67. The average Bonchev–Trinajstić information content (AvgIpc) is 2.66. The standard InChI is InChI=1S/C8H8N2O5S/c11-5-3(15-7(13)9-5)1-2-4-6(12)10-8(14)16-4/h3-4H,1-2H2,(H,9,11,13)(H,10,12,14). The van der Waals surface area contributed by atoms with Crippen LogP contribution < -0.4 is 10.6 Å². The zero-order chi connectivity index (χ0) is 11.7. The van der Waals surface area contributed by atoms with Crippen LogP contribution in [-0.2, 0) is 14.3 Å². The monoisotopic (exact) mass is 244 g/mol. The van der Waals surface area contributed by atoms with Crippen LogP contribution in [0.5, 0.6) is 0 Å². The van der Waals surface area contributed by atoms with E-state index in [-0.39, 0.29) is 17.6 Å². The summed E-state index contributed by atoms with van der Waals surface area (Å²) in [6, 6.07) is 0. The minimum absolute atomic E-state index is 0.232. The number of nitrogens with one attached hydrogen (secondary N) is 2. The van der Waals surface area contributed by atoms with Crippen molar-refractivity contribution >= 4 is 34.9 Å². The molecule has 0 aliphatic carbocycles. The highest BCUT2D eigenvalue weighted by molar-refractivity contribution is 8.15. The third-order valence-electron chi connectivity index (χ3n) is 2.23. The topological polar surface area (TPSA) is 102 Å². The van der Waals surface area contributed by atoms with Gasteiger partial charge in [0.25, 0.3) is 11.1 Å². The number of rotatable bonds is 3. The number of hydrogen-bond donors (Lipinski definition) is 2. The van der Waals surface area contributed by atoms with E-state index in [4.69, 9.17) is 0 Å². The highest BCUT2D eigenvalue weighted by Gasteiger charge is 2.36. The molecule has 2 aliphatic rings. The number of alkyl carbamates (subject to hydrolysis) is 1. The lowest BCUT2D eigenvalue weighted by molar-refractivity contribution is -0.124. The Labute approximate surface area is 94.3 Å². The predicted octanol–water partition coefficient (Wildman–Crippen LogP) is -0.247. The Hall–Kier alpha value is -1.57. The molecular weight excluding hydrogens is 236 g/mol.